The Kier molecular flexibility index (Phi) is 2.55. The van der Waals surface area contributed by atoms with Gasteiger partial charge in [-0.2, -0.15) is 0 Å². The van der Waals surface area contributed by atoms with Crippen LogP contribution in [-0.2, 0) is 0 Å². The minimum atomic E-state index is -1.34. The lowest BCUT2D eigenvalue weighted by Gasteiger charge is -2.01. The highest BCUT2D eigenvalue weighted by Crippen LogP contribution is 2.13. The van der Waals surface area contributed by atoms with Crippen molar-refractivity contribution in [3.8, 4) is 0 Å². The Bertz CT molecular complexity index is 351. The second-order valence-electron chi connectivity index (χ2n) is 2.25. The monoisotopic (exact) mass is 188 g/mol. The van der Waals surface area contributed by atoms with Crippen molar-refractivity contribution in [2.24, 2.45) is 0 Å². The molecule has 2 nitrogen and oxygen atoms in total. The molecular weight excluding hydrogens is 183 g/mol. The summed E-state index contributed by atoms with van der Waals surface area (Å²) in [7, 11) is 2.97. The summed E-state index contributed by atoms with van der Waals surface area (Å²) in [6.45, 7) is 0. The smallest absolute Gasteiger partial charge is 0.254 e. The first-order valence-corrected chi connectivity index (χ1v) is 3.28. The maximum atomic E-state index is 12.8. The summed E-state index contributed by atoms with van der Waals surface area (Å²) < 4.78 is 37.7. The van der Waals surface area contributed by atoms with Crippen LogP contribution in [0.3, 0.4) is 0 Å². The van der Waals surface area contributed by atoms with Gasteiger partial charge in [-0.25, -0.2) is 13.2 Å². The van der Waals surface area contributed by atoms with Crippen molar-refractivity contribution in [1.29, 1.82) is 0 Å². The van der Waals surface area contributed by atoms with Crippen LogP contribution < -0.4 is 5.32 Å². The maximum absolute atomic E-state index is 12.8. The number of carbonyl (C=O) groups excluding carboxylic acids is 1. The highest BCUT2D eigenvalue weighted by Gasteiger charge is 2.14. The van der Waals surface area contributed by atoms with E-state index in [-0.39, 0.29) is 0 Å². The zero-order valence-corrected chi connectivity index (χ0v) is 6.40. The fraction of sp³-hybridized carbons (Fsp3) is 0. The normalized spacial score (nSPS) is 9.85. The molecule has 1 radical (unpaired) electrons. The van der Waals surface area contributed by atoms with Crippen molar-refractivity contribution in [2.75, 3.05) is 0 Å². The van der Waals surface area contributed by atoms with Crippen LogP contribution in [0.5, 0.6) is 0 Å². The Balaban J connectivity index is 3.23. The zero-order valence-electron chi connectivity index (χ0n) is 6.40. The molecule has 0 aromatic heterocycles. The fourth-order valence-electron chi connectivity index (χ4n) is 0.792. The van der Waals surface area contributed by atoms with Gasteiger partial charge in [0, 0.05) is 13.1 Å². The van der Waals surface area contributed by atoms with Crippen molar-refractivity contribution in [2.45, 2.75) is 0 Å². The molecule has 0 atom stereocenters. The summed E-state index contributed by atoms with van der Waals surface area (Å²) in [4.78, 5) is 10.8. The first kappa shape index (κ1) is 9.57. The molecule has 0 aliphatic carbocycles. The quantitative estimate of drug-likeness (QED) is 0.666. The topological polar surface area (TPSA) is 29.1 Å². The molecule has 1 rings (SSSR count). The zero-order chi connectivity index (χ0) is 10.0. The summed E-state index contributed by atoms with van der Waals surface area (Å²) in [5.74, 6) is -4.64. The molecule has 1 N–H and O–H groups in total. The van der Waals surface area contributed by atoms with E-state index in [1.54, 1.807) is 0 Å². The molecular formula is C8H5F3NO. The van der Waals surface area contributed by atoms with E-state index in [9.17, 15) is 18.0 Å². The van der Waals surface area contributed by atoms with Crippen LogP contribution in [0, 0.1) is 24.5 Å². The van der Waals surface area contributed by atoms with E-state index in [0.717, 1.165) is 0 Å². The van der Waals surface area contributed by atoms with Crippen molar-refractivity contribution in [1.82, 2.24) is 5.32 Å². The molecule has 5 heteroatoms. The molecule has 0 aliphatic heterocycles. The second-order valence-corrected chi connectivity index (χ2v) is 2.25. The van der Waals surface area contributed by atoms with Crippen LogP contribution in [0.4, 0.5) is 13.2 Å². The Morgan fingerprint density at radius 1 is 1.15 bits per heavy atom. The van der Waals surface area contributed by atoms with Gasteiger partial charge < -0.3 is 5.32 Å². The van der Waals surface area contributed by atoms with Crippen LogP contribution in [0.15, 0.2) is 12.1 Å². The lowest BCUT2D eigenvalue weighted by atomic mass is 10.2. The summed E-state index contributed by atoms with van der Waals surface area (Å²) in [5.41, 5.74) is -0.575. The van der Waals surface area contributed by atoms with Crippen LogP contribution in [0.1, 0.15) is 10.4 Å². The summed E-state index contributed by atoms with van der Waals surface area (Å²) in [6, 6.07) is 0.783. The highest BCUT2D eigenvalue weighted by molar-refractivity contribution is 5.94. The molecule has 1 aromatic rings. The fourth-order valence-corrected chi connectivity index (χ4v) is 0.792. The molecule has 0 spiro atoms. The van der Waals surface area contributed by atoms with Crippen molar-refractivity contribution < 1.29 is 18.0 Å². The molecule has 1 amide bonds. The molecule has 0 saturated carbocycles. The minimum absolute atomic E-state index is 0.305. The van der Waals surface area contributed by atoms with E-state index < -0.39 is 28.9 Å². The Morgan fingerprint density at radius 2 is 1.69 bits per heavy atom. The molecule has 0 fully saturated rings. The first-order valence-electron chi connectivity index (χ1n) is 3.28. The number of carbonyl (C=O) groups is 1. The average molecular weight is 188 g/mol. The number of amides is 1. The standard InChI is InChI=1S/C8H5F3NO/c1-12-8(13)4-2-6(10)7(11)3-5(4)9/h2-3H,1H2,(H,12,13). The lowest BCUT2D eigenvalue weighted by Crippen LogP contribution is -2.17. The summed E-state index contributed by atoms with van der Waals surface area (Å²) in [6.07, 6.45) is 0. The van der Waals surface area contributed by atoms with Crippen molar-refractivity contribution >= 4 is 5.91 Å². The lowest BCUT2D eigenvalue weighted by molar-refractivity contribution is 0.0964. The molecule has 13 heavy (non-hydrogen) atoms. The number of halogens is 3. The molecule has 0 unspecified atom stereocenters. The van der Waals surface area contributed by atoms with Gasteiger partial charge in [0.05, 0.1) is 5.56 Å². The van der Waals surface area contributed by atoms with Gasteiger partial charge in [-0.1, -0.05) is 0 Å². The van der Waals surface area contributed by atoms with Crippen LogP contribution in [0.2, 0.25) is 0 Å². The number of hydrogen-bond acceptors (Lipinski definition) is 1. The van der Waals surface area contributed by atoms with E-state index >= 15 is 0 Å². The number of rotatable bonds is 1. The first-order chi connectivity index (χ1) is 6.06. The van der Waals surface area contributed by atoms with E-state index in [4.69, 9.17) is 0 Å². The Morgan fingerprint density at radius 3 is 2.23 bits per heavy atom. The van der Waals surface area contributed by atoms with Gasteiger partial charge in [0.2, 0.25) is 0 Å². The Hall–Kier alpha value is -1.52. The van der Waals surface area contributed by atoms with Gasteiger partial charge in [0.15, 0.2) is 11.6 Å². The molecule has 0 aliphatic rings. The SMILES string of the molecule is [CH2]NC(=O)c1cc(F)c(F)cc1F. The van der Waals surface area contributed by atoms with Crippen LogP contribution in [0.25, 0.3) is 0 Å². The predicted molar refractivity (Wildman–Crippen MR) is 39.1 cm³/mol. The third-order valence-electron chi connectivity index (χ3n) is 1.42. The van der Waals surface area contributed by atoms with Gasteiger partial charge in [-0.05, 0) is 6.07 Å². The van der Waals surface area contributed by atoms with E-state index in [0.29, 0.717) is 12.1 Å². The van der Waals surface area contributed by atoms with E-state index in [2.05, 4.69) is 7.05 Å². The third kappa shape index (κ3) is 1.80. The maximum Gasteiger partial charge on any atom is 0.254 e. The van der Waals surface area contributed by atoms with Gasteiger partial charge in [0.25, 0.3) is 5.91 Å². The van der Waals surface area contributed by atoms with Gasteiger partial charge in [-0.15, -0.1) is 0 Å². The molecule has 0 bridgehead atoms. The third-order valence-corrected chi connectivity index (χ3v) is 1.42. The number of hydrogen-bond donors (Lipinski definition) is 1. The predicted octanol–water partition coefficient (Wildman–Crippen LogP) is 1.63. The van der Waals surface area contributed by atoms with Crippen molar-refractivity contribution in [3.05, 3.63) is 42.2 Å². The van der Waals surface area contributed by atoms with Gasteiger partial charge in [-0.3, -0.25) is 4.79 Å². The number of benzene rings is 1. The van der Waals surface area contributed by atoms with Gasteiger partial charge in [0.1, 0.15) is 5.82 Å². The molecule has 0 heterocycles. The van der Waals surface area contributed by atoms with Crippen LogP contribution in [-0.4, -0.2) is 5.91 Å². The Labute approximate surface area is 72.4 Å². The average Bonchev–Trinajstić information content (AvgIpc) is 2.10. The molecule has 1 aromatic carbocycles. The van der Waals surface area contributed by atoms with E-state index in [1.807, 2.05) is 5.32 Å². The molecule has 0 saturated heterocycles. The largest absolute Gasteiger partial charge is 0.350 e. The van der Waals surface area contributed by atoms with E-state index in [1.165, 1.54) is 0 Å². The minimum Gasteiger partial charge on any atom is -0.350 e. The van der Waals surface area contributed by atoms with Gasteiger partial charge >= 0.3 is 0 Å². The summed E-state index contributed by atoms with van der Waals surface area (Å²) >= 11 is 0. The number of nitrogens with one attached hydrogen (secondary N) is 1. The summed E-state index contributed by atoms with van der Waals surface area (Å²) in [5, 5.41) is 1.85. The van der Waals surface area contributed by atoms with Crippen LogP contribution >= 0.6 is 0 Å². The second kappa shape index (κ2) is 3.47. The highest BCUT2D eigenvalue weighted by atomic mass is 19.2. The molecule has 69 valence electrons. The van der Waals surface area contributed by atoms with Crippen molar-refractivity contribution in [3.63, 3.8) is 0 Å².